The zero-order chi connectivity index (χ0) is 17.6. The molecule has 0 saturated heterocycles. The topological polar surface area (TPSA) is 45.7 Å². The molecule has 1 atom stereocenters. The monoisotopic (exact) mass is 497 g/mol. The standard InChI is InChI=1S/C18H31N3OS2.HI/c1-15(14-24-17-10-6-5-9-16(17)22-3)13-21-18(19-2)20-11-7-8-12-23-4;/h5-6,9-10,15H,7-8,11-14H2,1-4H3,(H2,19,20,21);1H. The predicted octanol–water partition coefficient (Wildman–Crippen LogP) is 4.35. The number of ether oxygens (including phenoxy) is 1. The van der Waals surface area contributed by atoms with Gasteiger partial charge in [-0.2, -0.15) is 11.8 Å². The van der Waals surface area contributed by atoms with Crippen molar-refractivity contribution < 1.29 is 4.74 Å². The maximum Gasteiger partial charge on any atom is 0.190 e. The van der Waals surface area contributed by atoms with E-state index in [0.29, 0.717) is 5.92 Å². The molecule has 1 aromatic carbocycles. The number of para-hydroxylation sites is 1. The summed E-state index contributed by atoms with van der Waals surface area (Å²) in [7, 11) is 3.55. The average Bonchev–Trinajstić information content (AvgIpc) is 2.62. The van der Waals surface area contributed by atoms with Crippen LogP contribution in [-0.2, 0) is 0 Å². The van der Waals surface area contributed by atoms with Crippen molar-refractivity contribution in [1.29, 1.82) is 0 Å². The maximum absolute atomic E-state index is 5.40. The Morgan fingerprint density at radius 1 is 1.24 bits per heavy atom. The van der Waals surface area contributed by atoms with Crippen molar-refractivity contribution in [3.05, 3.63) is 24.3 Å². The van der Waals surface area contributed by atoms with Crippen molar-refractivity contribution in [1.82, 2.24) is 10.6 Å². The predicted molar refractivity (Wildman–Crippen MR) is 125 cm³/mol. The minimum absolute atomic E-state index is 0. The van der Waals surface area contributed by atoms with Gasteiger partial charge in [0.25, 0.3) is 0 Å². The Hall–Kier alpha value is -0.280. The lowest BCUT2D eigenvalue weighted by molar-refractivity contribution is 0.405. The number of hydrogen-bond donors (Lipinski definition) is 2. The molecular formula is C18H32IN3OS2. The van der Waals surface area contributed by atoms with Crippen LogP contribution in [0.1, 0.15) is 19.8 Å². The van der Waals surface area contributed by atoms with E-state index in [4.69, 9.17) is 4.74 Å². The third-order valence-electron chi connectivity index (χ3n) is 3.50. The van der Waals surface area contributed by atoms with Gasteiger partial charge in [0.1, 0.15) is 5.75 Å². The van der Waals surface area contributed by atoms with Crippen molar-refractivity contribution in [3.63, 3.8) is 0 Å². The first-order chi connectivity index (χ1) is 11.7. The van der Waals surface area contributed by atoms with Crippen LogP contribution in [0.25, 0.3) is 0 Å². The van der Waals surface area contributed by atoms with E-state index >= 15 is 0 Å². The molecule has 0 radical (unpaired) electrons. The normalized spacial score (nSPS) is 12.2. The van der Waals surface area contributed by atoms with Gasteiger partial charge in [0.05, 0.1) is 7.11 Å². The molecule has 0 bridgehead atoms. The van der Waals surface area contributed by atoms with Gasteiger partial charge >= 0.3 is 0 Å². The molecule has 0 aromatic heterocycles. The molecule has 0 saturated carbocycles. The third kappa shape index (κ3) is 11.1. The second-order valence-corrected chi connectivity index (χ2v) is 7.69. The molecule has 144 valence electrons. The number of aliphatic imine (C=N–C) groups is 1. The first-order valence-corrected chi connectivity index (χ1v) is 10.8. The molecule has 7 heteroatoms. The summed E-state index contributed by atoms with van der Waals surface area (Å²) in [6.45, 7) is 4.14. The molecule has 4 nitrogen and oxygen atoms in total. The number of nitrogens with zero attached hydrogens (tertiary/aromatic N) is 1. The Kier molecular flexibility index (Phi) is 15.8. The van der Waals surface area contributed by atoms with Crippen LogP contribution in [0.15, 0.2) is 34.2 Å². The van der Waals surface area contributed by atoms with Crippen LogP contribution in [0.3, 0.4) is 0 Å². The molecule has 1 aromatic rings. The number of nitrogens with one attached hydrogen (secondary N) is 2. The number of thioether (sulfide) groups is 2. The second-order valence-electron chi connectivity index (χ2n) is 5.65. The maximum atomic E-state index is 5.40. The lowest BCUT2D eigenvalue weighted by atomic mass is 10.2. The Bertz CT molecular complexity index is 489. The molecule has 25 heavy (non-hydrogen) atoms. The average molecular weight is 498 g/mol. The Labute approximate surface area is 178 Å². The minimum Gasteiger partial charge on any atom is -0.496 e. The summed E-state index contributed by atoms with van der Waals surface area (Å²) in [5.41, 5.74) is 0. The smallest absolute Gasteiger partial charge is 0.190 e. The molecule has 0 aliphatic heterocycles. The fourth-order valence-corrected chi connectivity index (χ4v) is 3.64. The molecule has 0 amide bonds. The zero-order valence-electron chi connectivity index (χ0n) is 15.7. The van der Waals surface area contributed by atoms with Crippen LogP contribution in [0, 0.1) is 5.92 Å². The fourth-order valence-electron chi connectivity index (χ4n) is 2.10. The van der Waals surface area contributed by atoms with Crippen LogP contribution in [0.2, 0.25) is 0 Å². The lowest BCUT2D eigenvalue weighted by Crippen LogP contribution is -2.40. The van der Waals surface area contributed by atoms with Crippen LogP contribution in [0.4, 0.5) is 0 Å². The van der Waals surface area contributed by atoms with Gasteiger partial charge in [-0.1, -0.05) is 19.1 Å². The summed E-state index contributed by atoms with van der Waals surface area (Å²) >= 11 is 3.74. The summed E-state index contributed by atoms with van der Waals surface area (Å²) < 4.78 is 5.40. The lowest BCUT2D eigenvalue weighted by Gasteiger charge is -2.16. The van der Waals surface area contributed by atoms with Crippen molar-refractivity contribution >= 4 is 53.5 Å². The van der Waals surface area contributed by atoms with Crippen molar-refractivity contribution in [3.8, 4) is 5.75 Å². The van der Waals surface area contributed by atoms with E-state index in [1.54, 1.807) is 7.11 Å². The van der Waals surface area contributed by atoms with E-state index in [9.17, 15) is 0 Å². The number of benzene rings is 1. The van der Waals surface area contributed by atoms with E-state index in [2.05, 4.69) is 40.9 Å². The van der Waals surface area contributed by atoms with Gasteiger partial charge in [0, 0.05) is 30.8 Å². The minimum atomic E-state index is 0. The summed E-state index contributed by atoms with van der Waals surface area (Å²) in [5.74, 6) is 4.65. The van der Waals surface area contributed by atoms with Gasteiger partial charge in [0.15, 0.2) is 5.96 Å². The molecule has 0 aliphatic carbocycles. The quantitative estimate of drug-likeness (QED) is 0.157. The van der Waals surface area contributed by atoms with E-state index in [1.165, 1.54) is 23.5 Å². The Morgan fingerprint density at radius 3 is 2.68 bits per heavy atom. The van der Waals surface area contributed by atoms with Crippen LogP contribution < -0.4 is 15.4 Å². The van der Waals surface area contributed by atoms with Gasteiger partial charge in [-0.15, -0.1) is 35.7 Å². The van der Waals surface area contributed by atoms with Crippen molar-refractivity contribution in [2.24, 2.45) is 10.9 Å². The highest BCUT2D eigenvalue weighted by molar-refractivity contribution is 14.0. The first-order valence-electron chi connectivity index (χ1n) is 8.40. The largest absolute Gasteiger partial charge is 0.496 e. The molecule has 1 unspecified atom stereocenters. The molecule has 0 aliphatic rings. The van der Waals surface area contributed by atoms with E-state index in [0.717, 1.165) is 30.6 Å². The molecular weight excluding hydrogens is 465 g/mol. The highest BCUT2D eigenvalue weighted by Crippen LogP contribution is 2.29. The summed E-state index contributed by atoms with van der Waals surface area (Å²) in [6.07, 6.45) is 4.58. The van der Waals surface area contributed by atoms with E-state index < -0.39 is 0 Å². The Morgan fingerprint density at radius 2 is 2.00 bits per heavy atom. The van der Waals surface area contributed by atoms with Crippen LogP contribution >= 0.6 is 47.5 Å². The number of rotatable bonds is 11. The summed E-state index contributed by atoms with van der Waals surface area (Å²) in [4.78, 5) is 5.48. The number of hydrogen-bond acceptors (Lipinski definition) is 4. The van der Waals surface area contributed by atoms with Crippen molar-refractivity contribution in [2.45, 2.75) is 24.7 Å². The van der Waals surface area contributed by atoms with Crippen LogP contribution in [0.5, 0.6) is 5.75 Å². The van der Waals surface area contributed by atoms with Gasteiger partial charge < -0.3 is 15.4 Å². The molecule has 2 N–H and O–H groups in total. The van der Waals surface area contributed by atoms with Gasteiger partial charge in [-0.3, -0.25) is 4.99 Å². The second kappa shape index (κ2) is 15.9. The molecule has 1 rings (SSSR count). The zero-order valence-corrected chi connectivity index (χ0v) is 19.7. The number of unbranched alkanes of at least 4 members (excludes halogenated alkanes) is 1. The highest BCUT2D eigenvalue weighted by Gasteiger charge is 2.07. The van der Waals surface area contributed by atoms with Crippen molar-refractivity contribution in [2.75, 3.05) is 45.0 Å². The number of methoxy groups -OCH3 is 1. The molecule has 0 spiro atoms. The molecule has 0 heterocycles. The fraction of sp³-hybridized carbons (Fsp3) is 0.611. The summed E-state index contributed by atoms with van der Waals surface area (Å²) in [6, 6.07) is 8.17. The van der Waals surface area contributed by atoms with Gasteiger partial charge in [0.2, 0.25) is 0 Å². The van der Waals surface area contributed by atoms with E-state index in [1.807, 2.05) is 42.7 Å². The van der Waals surface area contributed by atoms with Gasteiger partial charge in [-0.25, -0.2) is 0 Å². The molecule has 0 fully saturated rings. The van der Waals surface area contributed by atoms with Crippen LogP contribution in [-0.4, -0.2) is 51.0 Å². The first kappa shape index (κ1) is 24.7. The summed E-state index contributed by atoms with van der Waals surface area (Å²) in [5, 5.41) is 6.79. The SMILES string of the molecule is CN=C(NCCCCSC)NCC(C)CSc1ccccc1OC.I. The number of halogens is 1. The van der Waals surface area contributed by atoms with Gasteiger partial charge in [-0.05, 0) is 42.9 Å². The Balaban J connectivity index is 0.00000576. The number of guanidine groups is 1. The third-order valence-corrected chi connectivity index (χ3v) is 5.58. The highest BCUT2D eigenvalue weighted by atomic mass is 127. The van der Waals surface area contributed by atoms with E-state index in [-0.39, 0.29) is 24.0 Å².